The first-order valence-electron chi connectivity index (χ1n) is 14.4. The predicted molar refractivity (Wildman–Crippen MR) is 164 cm³/mol. The Kier molecular flexibility index (Phi) is 8.36. The summed E-state index contributed by atoms with van der Waals surface area (Å²) in [6, 6.07) is 19.3. The van der Waals surface area contributed by atoms with Crippen LogP contribution in [0.4, 0.5) is 11.4 Å². The number of benzene rings is 2. The van der Waals surface area contributed by atoms with Crippen molar-refractivity contribution < 1.29 is 14.3 Å². The molecule has 2 unspecified atom stereocenters. The standard InChI is InChI=1S/C32H35N7O3/c33-29(28-26(39-15-17-41-18-16-39)19-23(20-35-28)21-9-3-1-4-10-21)42-32(34)38-30-31(40)36-25-14-8-7-13-24(25)27(37-30)22-11-5-2-6-12-22/h2,5-9,11-14,19-20,30,32-33,38H,1,3-4,10,15-18,34H2,(H,36,40). The Balaban J connectivity index is 1.24. The summed E-state index contributed by atoms with van der Waals surface area (Å²) < 4.78 is 11.4. The number of hydrogen-bond donors (Lipinski definition) is 4. The summed E-state index contributed by atoms with van der Waals surface area (Å²) in [5, 5.41) is 14.7. The maximum absolute atomic E-state index is 13.2. The third kappa shape index (κ3) is 6.11. The number of hydrogen-bond acceptors (Lipinski definition) is 9. The Hall–Kier alpha value is -4.38. The molecule has 3 aromatic rings. The number of carbonyl (C=O) groups is 1. The van der Waals surface area contributed by atoms with Gasteiger partial charge in [0.05, 0.1) is 30.3 Å². The first-order chi connectivity index (χ1) is 20.6. The Morgan fingerprint density at radius 1 is 1.10 bits per heavy atom. The molecule has 2 aromatic carbocycles. The fourth-order valence-corrected chi connectivity index (χ4v) is 5.52. The second-order valence-corrected chi connectivity index (χ2v) is 10.5. The lowest BCUT2D eigenvalue weighted by molar-refractivity contribution is -0.118. The van der Waals surface area contributed by atoms with E-state index in [4.69, 9.17) is 25.6 Å². The van der Waals surface area contributed by atoms with Crippen LogP contribution in [0.5, 0.6) is 0 Å². The van der Waals surface area contributed by atoms with Gasteiger partial charge in [0, 0.05) is 30.4 Å². The number of nitrogens with two attached hydrogens (primary N) is 1. The molecule has 0 bridgehead atoms. The van der Waals surface area contributed by atoms with Crippen LogP contribution in [0.3, 0.4) is 0 Å². The molecular formula is C32H35N7O3. The van der Waals surface area contributed by atoms with Crippen molar-refractivity contribution in [3.05, 3.63) is 95.3 Å². The molecule has 2 atom stereocenters. The van der Waals surface area contributed by atoms with E-state index in [2.05, 4.69) is 32.7 Å². The topological polar surface area (TPSA) is 138 Å². The van der Waals surface area contributed by atoms with Gasteiger partial charge in [-0.3, -0.25) is 20.9 Å². The third-order valence-corrected chi connectivity index (χ3v) is 7.66. The largest absolute Gasteiger partial charge is 0.444 e. The monoisotopic (exact) mass is 565 g/mol. The fourth-order valence-electron chi connectivity index (χ4n) is 5.52. The van der Waals surface area contributed by atoms with Gasteiger partial charge in [0.1, 0.15) is 5.69 Å². The number of nitrogens with one attached hydrogen (secondary N) is 3. The summed E-state index contributed by atoms with van der Waals surface area (Å²) in [5.41, 5.74) is 12.8. The van der Waals surface area contributed by atoms with Gasteiger partial charge in [-0.15, -0.1) is 0 Å². The molecule has 0 radical (unpaired) electrons. The lowest BCUT2D eigenvalue weighted by Gasteiger charge is -2.31. The zero-order valence-corrected chi connectivity index (χ0v) is 23.4. The van der Waals surface area contributed by atoms with Crippen molar-refractivity contribution >= 4 is 34.5 Å². The quantitative estimate of drug-likeness (QED) is 0.194. The van der Waals surface area contributed by atoms with E-state index in [0.717, 1.165) is 41.6 Å². The summed E-state index contributed by atoms with van der Waals surface area (Å²) in [5.74, 6) is -0.568. The van der Waals surface area contributed by atoms with Crippen LogP contribution in [0.2, 0.25) is 0 Å². The van der Waals surface area contributed by atoms with E-state index < -0.39 is 12.5 Å². The smallest absolute Gasteiger partial charge is 0.264 e. The average Bonchev–Trinajstić information content (AvgIpc) is 3.17. The van der Waals surface area contributed by atoms with Crippen molar-refractivity contribution in [1.82, 2.24) is 10.3 Å². The van der Waals surface area contributed by atoms with Crippen LogP contribution in [-0.4, -0.2) is 61.3 Å². The molecule has 10 nitrogen and oxygen atoms in total. The number of aliphatic imine (C=N–C) groups is 1. The van der Waals surface area contributed by atoms with Crippen molar-refractivity contribution in [2.45, 2.75) is 38.2 Å². The van der Waals surface area contributed by atoms with Crippen molar-refractivity contribution in [1.29, 1.82) is 5.41 Å². The molecule has 3 aliphatic rings. The normalized spacial score (nSPS) is 19.5. The van der Waals surface area contributed by atoms with E-state index >= 15 is 0 Å². The predicted octanol–water partition coefficient (Wildman–Crippen LogP) is 3.87. The van der Waals surface area contributed by atoms with Gasteiger partial charge in [0.2, 0.25) is 12.2 Å². The maximum atomic E-state index is 13.2. The van der Waals surface area contributed by atoms with Gasteiger partial charge in [0.25, 0.3) is 5.91 Å². The van der Waals surface area contributed by atoms with E-state index in [1.807, 2.05) is 54.6 Å². The third-order valence-electron chi connectivity index (χ3n) is 7.66. The van der Waals surface area contributed by atoms with Crippen LogP contribution in [0.1, 0.15) is 48.1 Å². The van der Waals surface area contributed by atoms with Crippen LogP contribution in [0.15, 0.2) is 77.9 Å². The molecule has 10 heteroatoms. The minimum Gasteiger partial charge on any atom is -0.444 e. The van der Waals surface area contributed by atoms with Gasteiger partial charge < -0.3 is 19.7 Å². The van der Waals surface area contributed by atoms with Crippen LogP contribution in [0.25, 0.3) is 5.57 Å². The molecule has 1 amide bonds. The highest BCUT2D eigenvalue weighted by atomic mass is 16.5. The highest BCUT2D eigenvalue weighted by Gasteiger charge is 2.28. The van der Waals surface area contributed by atoms with Crippen molar-refractivity contribution in [3.63, 3.8) is 0 Å². The summed E-state index contributed by atoms with van der Waals surface area (Å²) in [6.07, 6.45) is 6.29. The second-order valence-electron chi connectivity index (χ2n) is 10.5. The van der Waals surface area contributed by atoms with Gasteiger partial charge in [0.15, 0.2) is 6.17 Å². The molecule has 1 fully saturated rings. The number of allylic oxidation sites excluding steroid dienone is 2. The van der Waals surface area contributed by atoms with Crippen molar-refractivity contribution in [2.24, 2.45) is 10.7 Å². The number of morpholine rings is 1. The van der Waals surface area contributed by atoms with E-state index in [1.54, 1.807) is 6.20 Å². The lowest BCUT2D eigenvalue weighted by Crippen LogP contribution is -2.51. The van der Waals surface area contributed by atoms with Crippen molar-refractivity contribution in [3.8, 4) is 0 Å². The number of rotatable bonds is 7. The molecule has 2 aliphatic heterocycles. The molecule has 1 aliphatic carbocycles. The summed E-state index contributed by atoms with van der Waals surface area (Å²) >= 11 is 0. The zero-order chi connectivity index (χ0) is 28.9. The highest BCUT2D eigenvalue weighted by Crippen LogP contribution is 2.31. The fraction of sp³-hybridized carbons (Fsp3) is 0.312. The van der Waals surface area contributed by atoms with Crippen LogP contribution >= 0.6 is 0 Å². The average molecular weight is 566 g/mol. The minimum absolute atomic E-state index is 0.190. The molecule has 1 aromatic heterocycles. The van der Waals surface area contributed by atoms with E-state index in [1.165, 1.54) is 12.0 Å². The Morgan fingerprint density at radius 3 is 2.67 bits per heavy atom. The van der Waals surface area contributed by atoms with Gasteiger partial charge >= 0.3 is 0 Å². The second kappa shape index (κ2) is 12.6. The molecule has 0 saturated carbocycles. The highest BCUT2D eigenvalue weighted by molar-refractivity contribution is 6.19. The van der Waals surface area contributed by atoms with E-state index in [0.29, 0.717) is 43.4 Å². The number of fused-ring (bicyclic) bond motifs is 1. The number of aromatic nitrogens is 1. The van der Waals surface area contributed by atoms with Gasteiger partial charge in [-0.25, -0.2) is 10.3 Å². The number of amides is 1. The summed E-state index contributed by atoms with van der Waals surface area (Å²) in [6.45, 7) is 2.58. The van der Waals surface area contributed by atoms with Crippen LogP contribution in [0, 0.1) is 5.41 Å². The number of nitrogens with zero attached hydrogens (tertiary/aromatic N) is 3. The number of carbonyl (C=O) groups excluding carboxylic acids is 1. The zero-order valence-electron chi connectivity index (χ0n) is 23.4. The summed E-state index contributed by atoms with van der Waals surface area (Å²) in [4.78, 5) is 24.8. The molecule has 42 heavy (non-hydrogen) atoms. The van der Waals surface area contributed by atoms with E-state index in [-0.39, 0.29) is 11.8 Å². The van der Waals surface area contributed by atoms with Crippen molar-refractivity contribution in [2.75, 3.05) is 36.5 Å². The number of benzodiazepines with no additional fused rings is 1. The molecule has 1 saturated heterocycles. The molecular weight excluding hydrogens is 530 g/mol. The van der Waals surface area contributed by atoms with Crippen LogP contribution < -0.4 is 21.3 Å². The van der Waals surface area contributed by atoms with Gasteiger partial charge in [-0.2, -0.15) is 0 Å². The Morgan fingerprint density at radius 2 is 1.88 bits per heavy atom. The SMILES string of the molecule is N=C(OC(N)NC1N=C(c2ccccc2)c2ccccc2NC1=O)c1ncc(C2=CCCCC2)cc1N1CCOCC1. The number of ether oxygens (including phenoxy) is 2. The molecule has 5 N–H and O–H groups in total. The molecule has 0 spiro atoms. The van der Waals surface area contributed by atoms with E-state index in [9.17, 15) is 4.79 Å². The minimum atomic E-state index is -1.20. The summed E-state index contributed by atoms with van der Waals surface area (Å²) in [7, 11) is 0. The Labute approximate surface area is 245 Å². The molecule has 216 valence electrons. The number of pyridine rings is 1. The first kappa shape index (κ1) is 27.8. The maximum Gasteiger partial charge on any atom is 0.264 e. The molecule has 3 heterocycles. The Bertz CT molecular complexity index is 1520. The first-order valence-corrected chi connectivity index (χ1v) is 14.4. The number of para-hydroxylation sites is 1. The number of anilines is 2. The molecule has 6 rings (SSSR count). The van der Waals surface area contributed by atoms with Crippen LogP contribution in [-0.2, 0) is 14.3 Å². The van der Waals surface area contributed by atoms with Gasteiger partial charge in [-0.1, -0.05) is 54.6 Å². The lowest BCUT2D eigenvalue weighted by atomic mass is 9.94. The van der Waals surface area contributed by atoms with Gasteiger partial charge in [-0.05, 0) is 49.0 Å².